The minimum absolute atomic E-state index is 0.0149. The van der Waals surface area contributed by atoms with Gasteiger partial charge in [0, 0.05) is 29.7 Å². The molecule has 1 aromatic heterocycles. The molecule has 1 atom stereocenters. The number of benzene rings is 1. The van der Waals surface area contributed by atoms with Crippen molar-refractivity contribution in [3.05, 3.63) is 39.7 Å². The summed E-state index contributed by atoms with van der Waals surface area (Å²) in [6, 6.07) is 5.67. The Labute approximate surface area is 148 Å². The van der Waals surface area contributed by atoms with Crippen LogP contribution in [0.15, 0.2) is 27.4 Å². The van der Waals surface area contributed by atoms with Gasteiger partial charge in [-0.25, -0.2) is 4.79 Å². The first-order valence-corrected chi connectivity index (χ1v) is 8.95. The fraction of sp³-hybridized carbons (Fsp3) is 0.500. The van der Waals surface area contributed by atoms with Crippen molar-refractivity contribution >= 4 is 22.6 Å². The van der Waals surface area contributed by atoms with E-state index in [2.05, 4.69) is 24.1 Å². The van der Waals surface area contributed by atoms with Gasteiger partial charge < -0.3 is 14.6 Å². The molecule has 25 heavy (non-hydrogen) atoms. The normalized spacial score (nSPS) is 18.7. The van der Waals surface area contributed by atoms with Crippen LogP contribution in [0.1, 0.15) is 37.8 Å². The quantitative estimate of drug-likeness (QED) is 0.868. The summed E-state index contributed by atoms with van der Waals surface area (Å²) >= 11 is 0. The smallest absolute Gasteiger partial charge is 0.336 e. The molecule has 0 saturated carbocycles. The van der Waals surface area contributed by atoms with Gasteiger partial charge in [0.1, 0.15) is 5.58 Å². The van der Waals surface area contributed by atoms with Crippen LogP contribution in [-0.2, 0) is 4.79 Å². The number of carbonyl (C=O) groups excluding carboxylic acids is 1. The van der Waals surface area contributed by atoms with E-state index < -0.39 is 0 Å². The number of hydrogen-bond acceptors (Lipinski definition) is 4. The number of anilines is 1. The average Bonchev–Trinajstić information content (AvgIpc) is 2.56. The number of amides is 1. The Balaban J connectivity index is 1.83. The minimum atomic E-state index is -0.350. The van der Waals surface area contributed by atoms with E-state index in [9.17, 15) is 9.59 Å². The lowest BCUT2D eigenvalue weighted by molar-refractivity contribution is -0.121. The van der Waals surface area contributed by atoms with Gasteiger partial charge in [-0.2, -0.15) is 0 Å². The number of fused-ring (bicyclic) bond motifs is 1. The third-order valence-corrected chi connectivity index (χ3v) is 5.11. The summed E-state index contributed by atoms with van der Waals surface area (Å²) in [5.74, 6) is 0.0869. The zero-order valence-electron chi connectivity index (χ0n) is 15.4. The van der Waals surface area contributed by atoms with Crippen LogP contribution in [0, 0.1) is 19.8 Å². The van der Waals surface area contributed by atoms with Gasteiger partial charge in [0.2, 0.25) is 5.91 Å². The topological polar surface area (TPSA) is 62.6 Å². The number of hydrogen-bond donors (Lipinski definition) is 1. The second kappa shape index (κ2) is 7.00. The standard InChI is InChI=1S/C20H26N2O3/c1-12(2)22-7-5-6-15(11-22)20(24)21-17-10-16-13(3)9-19(23)25-18(16)8-14(17)4/h8-10,12,15H,5-7,11H2,1-4H3,(H,21,24). The van der Waals surface area contributed by atoms with E-state index in [4.69, 9.17) is 4.42 Å². The third kappa shape index (κ3) is 3.76. The average molecular weight is 342 g/mol. The summed E-state index contributed by atoms with van der Waals surface area (Å²) in [4.78, 5) is 26.6. The maximum absolute atomic E-state index is 12.8. The van der Waals surface area contributed by atoms with E-state index in [1.807, 2.05) is 26.0 Å². The molecular formula is C20H26N2O3. The van der Waals surface area contributed by atoms with Crippen LogP contribution in [0.5, 0.6) is 0 Å². The summed E-state index contributed by atoms with van der Waals surface area (Å²) in [5, 5.41) is 3.94. The second-order valence-corrected chi connectivity index (χ2v) is 7.33. The number of aryl methyl sites for hydroxylation is 2. The van der Waals surface area contributed by atoms with Crippen LogP contribution in [-0.4, -0.2) is 29.9 Å². The lowest BCUT2D eigenvalue weighted by Crippen LogP contribution is -2.43. The molecule has 3 rings (SSSR count). The van der Waals surface area contributed by atoms with Crippen LogP contribution in [0.3, 0.4) is 0 Å². The van der Waals surface area contributed by atoms with Crippen molar-refractivity contribution in [2.45, 2.75) is 46.6 Å². The highest BCUT2D eigenvalue weighted by molar-refractivity contribution is 5.96. The Bertz CT molecular complexity index is 854. The van der Waals surface area contributed by atoms with Crippen molar-refractivity contribution in [2.24, 2.45) is 5.92 Å². The first-order chi connectivity index (χ1) is 11.8. The zero-order chi connectivity index (χ0) is 18.1. The number of likely N-dealkylation sites (tertiary alicyclic amines) is 1. The summed E-state index contributed by atoms with van der Waals surface area (Å²) in [7, 11) is 0. The van der Waals surface area contributed by atoms with Gasteiger partial charge in [-0.15, -0.1) is 0 Å². The van der Waals surface area contributed by atoms with Crippen LogP contribution in [0.25, 0.3) is 11.0 Å². The van der Waals surface area contributed by atoms with E-state index in [1.54, 1.807) is 0 Å². The Hall–Kier alpha value is -2.14. The number of nitrogens with one attached hydrogen (secondary N) is 1. The Morgan fingerprint density at radius 1 is 1.24 bits per heavy atom. The Kier molecular flexibility index (Phi) is 4.95. The van der Waals surface area contributed by atoms with Gasteiger partial charge in [-0.05, 0) is 70.3 Å². The van der Waals surface area contributed by atoms with Crippen LogP contribution < -0.4 is 10.9 Å². The Morgan fingerprint density at radius 2 is 2.00 bits per heavy atom. The molecule has 5 heteroatoms. The molecule has 134 valence electrons. The van der Waals surface area contributed by atoms with Crippen molar-refractivity contribution in [2.75, 3.05) is 18.4 Å². The highest BCUT2D eigenvalue weighted by Gasteiger charge is 2.27. The molecule has 1 N–H and O–H groups in total. The molecule has 1 aliphatic heterocycles. The van der Waals surface area contributed by atoms with Gasteiger partial charge in [0.25, 0.3) is 0 Å². The van der Waals surface area contributed by atoms with Crippen LogP contribution >= 0.6 is 0 Å². The maximum Gasteiger partial charge on any atom is 0.336 e. The molecule has 1 unspecified atom stereocenters. The molecule has 0 radical (unpaired) electrons. The second-order valence-electron chi connectivity index (χ2n) is 7.33. The molecule has 1 aliphatic rings. The maximum atomic E-state index is 12.8. The first-order valence-electron chi connectivity index (χ1n) is 8.95. The molecule has 5 nitrogen and oxygen atoms in total. The SMILES string of the molecule is Cc1cc2oc(=O)cc(C)c2cc1NC(=O)C1CCCN(C(C)C)C1. The van der Waals surface area contributed by atoms with Crippen molar-refractivity contribution in [3.63, 3.8) is 0 Å². The van der Waals surface area contributed by atoms with Crippen molar-refractivity contribution < 1.29 is 9.21 Å². The molecule has 2 heterocycles. The van der Waals surface area contributed by atoms with E-state index in [0.717, 1.165) is 48.1 Å². The summed E-state index contributed by atoms with van der Waals surface area (Å²) < 4.78 is 5.27. The van der Waals surface area contributed by atoms with Crippen molar-refractivity contribution in [3.8, 4) is 0 Å². The highest BCUT2D eigenvalue weighted by atomic mass is 16.4. The molecule has 0 spiro atoms. The third-order valence-electron chi connectivity index (χ3n) is 5.11. The van der Waals surface area contributed by atoms with Crippen LogP contribution in [0.4, 0.5) is 5.69 Å². The largest absolute Gasteiger partial charge is 0.423 e. The summed E-state index contributed by atoms with van der Waals surface area (Å²) in [5.41, 5.74) is 2.74. The number of carbonyl (C=O) groups is 1. The highest BCUT2D eigenvalue weighted by Crippen LogP contribution is 2.26. The number of nitrogens with zero attached hydrogens (tertiary/aromatic N) is 1. The lowest BCUT2D eigenvalue weighted by Gasteiger charge is -2.34. The molecular weight excluding hydrogens is 316 g/mol. The number of rotatable bonds is 3. The van der Waals surface area contributed by atoms with Gasteiger partial charge in [0.05, 0.1) is 5.92 Å². The monoisotopic (exact) mass is 342 g/mol. The van der Waals surface area contributed by atoms with E-state index in [-0.39, 0.29) is 17.5 Å². The van der Waals surface area contributed by atoms with E-state index in [1.165, 1.54) is 6.07 Å². The van der Waals surface area contributed by atoms with Gasteiger partial charge in [-0.3, -0.25) is 4.79 Å². The van der Waals surface area contributed by atoms with Gasteiger partial charge in [-0.1, -0.05) is 0 Å². The molecule has 1 amide bonds. The number of piperidine rings is 1. The van der Waals surface area contributed by atoms with E-state index >= 15 is 0 Å². The molecule has 1 fully saturated rings. The molecule has 1 aromatic carbocycles. The first kappa shape index (κ1) is 17.7. The van der Waals surface area contributed by atoms with Crippen LogP contribution in [0.2, 0.25) is 0 Å². The summed E-state index contributed by atoms with van der Waals surface area (Å²) in [6.45, 7) is 10.0. The predicted octanol–water partition coefficient (Wildman–Crippen LogP) is 3.47. The fourth-order valence-electron chi connectivity index (χ4n) is 3.53. The minimum Gasteiger partial charge on any atom is -0.423 e. The molecule has 0 bridgehead atoms. The molecule has 0 aliphatic carbocycles. The van der Waals surface area contributed by atoms with Crippen molar-refractivity contribution in [1.29, 1.82) is 0 Å². The predicted molar refractivity (Wildman–Crippen MR) is 100 cm³/mol. The Morgan fingerprint density at radius 3 is 2.72 bits per heavy atom. The summed E-state index contributed by atoms with van der Waals surface area (Å²) in [6.07, 6.45) is 1.98. The van der Waals surface area contributed by atoms with Crippen molar-refractivity contribution in [1.82, 2.24) is 4.90 Å². The van der Waals surface area contributed by atoms with E-state index in [0.29, 0.717) is 11.6 Å². The molecule has 1 saturated heterocycles. The zero-order valence-corrected chi connectivity index (χ0v) is 15.4. The molecule has 2 aromatic rings. The van der Waals surface area contributed by atoms with Gasteiger partial charge in [0.15, 0.2) is 0 Å². The lowest BCUT2D eigenvalue weighted by atomic mass is 9.96. The van der Waals surface area contributed by atoms with Gasteiger partial charge >= 0.3 is 5.63 Å². The fourth-order valence-corrected chi connectivity index (χ4v) is 3.53.